The Morgan fingerprint density at radius 2 is 0.974 bits per heavy atom. The SMILES string of the molecule is CCC(CC)(c1ccc(/C=C/C2(O)CCCCC2)c(C)c1)c1ccc(-c2ccc(CC(C)=O)c(F)c2)c(C)c1.CCC(CC)(c1ccc(/C=C/C2(O)CCCCC2)c(C)c1)c1ccc(B2OC(C)(C)C(C)(C)O2)c(C)c1. The number of aliphatic hydroxyl groups is 2. The summed E-state index contributed by atoms with van der Waals surface area (Å²) in [6.07, 6.45) is 22.7. The molecule has 0 amide bonds. The predicted octanol–water partition coefficient (Wildman–Crippen LogP) is 16.5. The van der Waals surface area contributed by atoms with Crippen LogP contribution in [-0.2, 0) is 31.4 Å². The second kappa shape index (κ2) is 24.0. The molecule has 0 aromatic heterocycles. The lowest BCUT2D eigenvalue weighted by Gasteiger charge is -2.34. The molecule has 0 spiro atoms. The van der Waals surface area contributed by atoms with Crippen LogP contribution in [0.3, 0.4) is 0 Å². The van der Waals surface area contributed by atoms with Crippen molar-refractivity contribution in [2.45, 2.75) is 220 Å². The van der Waals surface area contributed by atoms with Crippen LogP contribution in [0.25, 0.3) is 23.3 Å². The first-order chi connectivity index (χ1) is 36.0. The summed E-state index contributed by atoms with van der Waals surface area (Å²) in [5.41, 5.74) is 13.6. The van der Waals surface area contributed by atoms with Crippen LogP contribution in [0.15, 0.2) is 103 Å². The molecule has 8 rings (SSSR count). The molecule has 3 fully saturated rings. The zero-order chi connectivity index (χ0) is 55.3. The van der Waals surface area contributed by atoms with Crippen LogP contribution >= 0.6 is 0 Å². The van der Waals surface area contributed by atoms with E-state index < -0.39 is 11.2 Å². The molecule has 1 aliphatic heterocycles. The van der Waals surface area contributed by atoms with E-state index in [4.69, 9.17) is 9.31 Å². The third kappa shape index (κ3) is 12.7. The highest BCUT2D eigenvalue weighted by atomic mass is 19.1. The molecule has 0 unspecified atom stereocenters. The Balaban J connectivity index is 0.000000221. The van der Waals surface area contributed by atoms with Crippen molar-refractivity contribution >= 4 is 30.5 Å². The van der Waals surface area contributed by atoms with Crippen molar-refractivity contribution in [1.82, 2.24) is 0 Å². The number of halogens is 1. The number of hydrogen-bond donors (Lipinski definition) is 2. The minimum absolute atomic E-state index is 0.0431. The first kappa shape index (κ1) is 58.8. The van der Waals surface area contributed by atoms with Crippen LogP contribution < -0.4 is 5.46 Å². The Bertz CT molecular complexity index is 2870. The van der Waals surface area contributed by atoms with Gasteiger partial charge in [-0.1, -0.05) is 181 Å². The average molecular weight is 1030 g/mol. The van der Waals surface area contributed by atoms with Gasteiger partial charge in [0.05, 0.1) is 22.4 Å². The number of rotatable bonds is 16. The highest BCUT2D eigenvalue weighted by Crippen LogP contribution is 2.44. The molecule has 5 aromatic carbocycles. The first-order valence-electron chi connectivity index (χ1n) is 28.9. The number of hydrogen-bond acceptors (Lipinski definition) is 5. The number of aryl methyl sites for hydroxylation is 4. The van der Waals surface area contributed by atoms with Crippen molar-refractivity contribution < 1.29 is 28.7 Å². The lowest BCUT2D eigenvalue weighted by molar-refractivity contribution is -0.116. The lowest BCUT2D eigenvalue weighted by atomic mass is 9.68. The molecular weight excluding hydrogens is 939 g/mol. The number of carbonyl (C=O) groups is 1. The molecule has 5 nitrogen and oxygen atoms in total. The molecule has 1 heterocycles. The molecule has 406 valence electrons. The van der Waals surface area contributed by atoms with Gasteiger partial charge in [-0.25, -0.2) is 4.39 Å². The largest absolute Gasteiger partial charge is 0.495 e. The second-order valence-corrected chi connectivity index (χ2v) is 24.1. The van der Waals surface area contributed by atoms with Gasteiger partial charge in [0, 0.05) is 17.3 Å². The molecule has 0 radical (unpaired) electrons. The fourth-order valence-electron chi connectivity index (χ4n) is 12.6. The molecule has 76 heavy (non-hydrogen) atoms. The Labute approximate surface area is 458 Å². The van der Waals surface area contributed by atoms with E-state index >= 15 is 0 Å². The van der Waals surface area contributed by atoms with E-state index in [0.29, 0.717) is 5.56 Å². The molecule has 2 aliphatic carbocycles. The normalized spacial score (nSPS) is 18.2. The van der Waals surface area contributed by atoms with Crippen molar-refractivity contribution in [1.29, 1.82) is 0 Å². The summed E-state index contributed by atoms with van der Waals surface area (Å²) >= 11 is 0. The van der Waals surface area contributed by atoms with Crippen molar-refractivity contribution in [3.8, 4) is 11.1 Å². The molecule has 1 saturated heterocycles. The van der Waals surface area contributed by atoms with Gasteiger partial charge in [-0.2, -0.15) is 0 Å². The summed E-state index contributed by atoms with van der Waals surface area (Å²) in [5, 5.41) is 21.8. The second-order valence-electron chi connectivity index (χ2n) is 24.1. The van der Waals surface area contributed by atoms with E-state index in [1.807, 2.05) is 18.2 Å². The molecule has 7 heteroatoms. The van der Waals surface area contributed by atoms with E-state index in [2.05, 4.69) is 168 Å². The third-order valence-electron chi connectivity index (χ3n) is 18.6. The van der Waals surface area contributed by atoms with Crippen LogP contribution in [0.2, 0.25) is 0 Å². The van der Waals surface area contributed by atoms with Gasteiger partial charge in [-0.15, -0.1) is 0 Å². The molecule has 5 aromatic rings. The Morgan fingerprint density at radius 3 is 1.36 bits per heavy atom. The zero-order valence-corrected chi connectivity index (χ0v) is 48.7. The number of benzene rings is 5. The standard InChI is InChI=1S/C36H43FO2.C33H47BO3/c1-6-36(7-2,31-14-13-28(25(3)21-31)17-20-35(39)18-9-8-10-19-35)32-15-16-33(26(4)22-32)29-11-12-30(23-27(5)38)34(37)24-29;1-9-33(10-2,27-15-14-26(24(3)22-27)18-21-32(35)19-12-11-13-20-32)28-16-17-29(25(4)23-28)34-36-30(5,6)31(7,8)37-34/h11-17,20-22,24,39H,6-10,18-19,23H2,1-5H3;14-18,21-23,35H,9-13,19-20H2,1-8H3/b20-17+;21-18+. The summed E-state index contributed by atoms with van der Waals surface area (Å²) in [6, 6.07) is 32.2. The molecule has 2 saturated carbocycles. The predicted molar refractivity (Wildman–Crippen MR) is 317 cm³/mol. The van der Waals surface area contributed by atoms with Gasteiger partial charge in [-0.05, 0) is 192 Å². The van der Waals surface area contributed by atoms with E-state index in [1.165, 1.54) is 64.3 Å². The van der Waals surface area contributed by atoms with Crippen LogP contribution in [-0.4, -0.2) is 45.5 Å². The topological polar surface area (TPSA) is 76.0 Å². The van der Waals surface area contributed by atoms with Gasteiger partial charge in [0.25, 0.3) is 0 Å². The molecule has 0 bridgehead atoms. The van der Waals surface area contributed by atoms with Crippen molar-refractivity contribution in [2.24, 2.45) is 0 Å². The van der Waals surface area contributed by atoms with Crippen molar-refractivity contribution in [3.05, 3.63) is 170 Å². The van der Waals surface area contributed by atoms with Crippen LogP contribution in [0.5, 0.6) is 0 Å². The number of ketones is 1. The van der Waals surface area contributed by atoms with E-state index in [9.17, 15) is 19.4 Å². The summed E-state index contributed by atoms with van der Waals surface area (Å²) in [5.74, 6) is -0.374. The van der Waals surface area contributed by atoms with Gasteiger partial charge in [0.1, 0.15) is 11.6 Å². The number of Topliss-reactive ketones (excluding diaryl/α,β-unsaturated/α-hetero) is 1. The van der Waals surface area contributed by atoms with Gasteiger partial charge >= 0.3 is 7.12 Å². The molecular formula is C69H90BFO5. The minimum Gasteiger partial charge on any atom is -0.399 e. The maximum atomic E-state index is 14.7. The highest BCUT2D eigenvalue weighted by molar-refractivity contribution is 6.62. The lowest BCUT2D eigenvalue weighted by Crippen LogP contribution is -2.41. The smallest absolute Gasteiger partial charge is 0.399 e. The van der Waals surface area contributed by atoms with E-state index in [1.54, 1.807) is 12.1 Å². The fourth-order valence-corrected chi connectivity index (χ4v) is 12.6. The average Bonchev–Trinajstić information content (AvgIpc) is 3.60. The van der Waals surface area contributed by atoms with Gasteiger partial charge in [0.15, 0.2) is 0 Å². The first-order valence-corrected chi connectivity index (χ1v) is 28.9. The summed E-state index contributed by atoms with van der Waals surface area (Å²) in [7, 11) is -0.344. The zero-order valence-electron chi connectivity index (χ0n) is 48.7. The Hall–Kier alpha value is -4.92. The van der Waals surface area contributed by atoms with Gasteiger partial charge in [0.2, 0.25) is 0 Å². The monoisotopic (exact) mass is 1030 g/mol. The van der Waals surface area contributed by atoms with Crippen LogP contribution in [0.1, 0.15) is 213 Å². The maximum absolute atomic E-state index is 14.7. The fraction of sp³-hybridized carbons (Fsp3) is 0.493. The molecule has 3 aliphatic rings. The van der Waals surface area contributed by atoms with Crippen molar-refractivity contribution in [3.63, 3.8) is 0 Å². The summed E-state index contributed by atoms with van der Waals surface area (Å²) in [6.45, 7) is 27.6. The number of carbonyl (C=O) groups excluding carboxylic acids is 1. The van der Waals surface area contributed by atoms with E-state index in [-0.39, 0.29) is 47.2 Å². The quantitative estimate of drug-likeness (QED) is 0.0963. The third-order valence-corrected chi connectivity index (χ3v) is 18.6. The highest BCUT2D eigenvalue weighted by Gasteiger charge is 2.52. The van der Waals surface area contributed by atoms with Gasteiger partial charge < -0.3 is 19.5 Å². The summed E-state index contributed by atoms with van der Waals surface area (Å²) in [4.78, 5) is 11.5. The maximum Gasteiger partial charge on any atom is 0.495 e. The Morgan fingerprint density at radius 1 is 0.566 bits per heavy atom. The van der Waals surface area contributed by atoms with Gasteiger partial charge in [-0.3, -0.25) is 4.79 Å². The van der Waals surface area contributed by atoms with Crippen LogP contribution in [0, 0.1) is 33.5 Å². The summed E-state index contributed by atoms with van der Waals surface area (Å²) < 4.78 is 27.4. The van der Waals surface area contributed by atoms with E-state index in [0.717, 1.165) is 105 Å². The Kier molecular flexibility index (Phi) is 18.5. The van der Waals surface area contributed by atoms with Crippen LogP contribution in [0.4, 0.5) is 4.39 Å². The molecule has 2 N–H and O–H groups in total. The van der Waals surface area contributed by atoms with Crippen molar-refractivity contribution in [2.75, 3.05) is 0 Å². The minimum atomic E-state index is -0.671. The molecule has 0 atom stereocenters.